The maximum Gasteiger partial charge on any atom is 2.00 e. The fraction of sp³-hybridized carbons (Fsp3) is 1.00. The van der Waals surface area contributed by atoms with Gasteiger partial charge in [-0.3, -0.25) is 0 Å². The van der Waals surface area contributed by atoms with Crippen LogP contribution in [-0.2, 0) is 26.2 Å². The smallest absolute Gasteiger partial charge is 0.790 e. The summed E-state index contributed by atoms with van der Waals surface area (Å²) in [6, 6.07) is 0. The molecule has 6 nitrogen and oxygen atoms in total. The minimum Gasteiger partial charge on any atom is -0.790 e. The maximum absolute atomic E-state index is 9.71. The van der Waals surface area contributed by atoms with Gasteiger partial charge in [0.1, 0.15) is 6.10 Å². The number of phosphoric acid groups is 1. The molecule has 0 saturated carbocycles. The van der Waals surface area contributed by atoms with Gasteiger partial charge < -0.3 is 29.1 Å². The van der Waals surface area contributed by atoms with E-state index in [4.69, 9.17) is 10.2 Å². The molecule has 8 heteroatoms. The molecule has 0 aliphatic heterocycles. The summed E-state index contributed by atoms with van der Waals surface area (Å²) in [6.07, 6.45) is -1.32. The van der Waals surface area contributed by atoms with Gasteiger partial charge in [-0.25, -0.2) is 0 Å². The number of hydrogen-bond acceptors (Lipinski definition) is 6. The zero-order valence-electron chi connectivity index (χ0n) is 5.27. The van der Waals surface area contributed by atoms with Crippen LogP contribution in [0.5, 0.6) is 0 Å². The first-order valence-electron chi connectivity index (χ1n) is 2.41. The summed E-state index contributed by atoms with van der Waals surface area (Å²) >= 11 is 0. The Morgan fingerprint density at radius 2 is 2.00 bits per heavy atom. The molecule has 0 amide bonds. The van der Waals surface area contributed by atoms with E-state index >= 15 is 0 Å². The SMILES string of the molecule is O=P([O-])([O-])OCC(O)CO.[Cu+2]. The first-order chi connectivity index (χ1) is 4.45. The molecule has 1 radical (unpaired) electrons. The molecule has 0 aromatic rings. The summed E-state index contributed by atoms with van der Waals surface area (Å²) in [4.78, 5) is 19.4. The van der Waals surface area contributed by atoms with Gasteiger partial charge in [0.2, 0.25) is 0 Å². The van der Waals surface area contributed by atoms with Crippen molar-refractivity contribution >= 4 is 7.82 Å². The number of aliphatic hydroxyl groups is 2. The average molecular weight is 234 g/mol. The molecule has 11 heavy (non-hydrogen) atoms. The summed E-state index contributed by atoms with van der Waals surface area (Å²) in [5.74, 6) is 0. The average Bonchev–Trinajstić information content (AvgIpc) is 1.81. The molecule has 0 rings (SSSR count). The van der Waals surface area contributed by atoms with Crippen LogP contribution >= 0.6 is 7.82 Å². The van der Waals surface area contributed by atoms with Crippen molar-refractivity contribution in [2.45, 2.75) is 6.10 Å². The molecule has 0 aliphatic carbocycles. The zero-order valence-corrected chi connectivity index (χ0v) is 7.10. The largest absolute Gasteiger partial charge is 2.00 e. The molecule has 2 N–H and O–H groups in total. The Kier molecular flexibility index (Phi) is 7.83. The second kappa shape index (κ2) is 6.11. The van der Waals surface area contributed by atoms with Crippen LogP contribution in [0.2, 0.25) is 0 Å². The molecule has 0 aromatic heterocycles. The number of phosphoric ester groups is 1. The van der Waals surface area contributed by atoms with Crippen molar-refractivity contribution in [1.29, 1.82) is 0 Å². The minimum atomic E-state index is -5.00. The van der Waals surface area contributed by atoms with Gasteiger partial charge >= 0.3 is 17.1 Å². The van der Waals surface area contributed by atoms with E-state index in [1.54, 1.807) is 0 Å². The second-order valence-electron chi connectivity index (χ2n) is 1.58. The minimum absolute atomic E-state index is 0. The van der Waals surface area contributed by atoms with E-state index < -0.39 is 27.1 Å². The number of rotatable bonds is 4. The van der Waals surface area contributed by atoms with E-state index in [1.807, 2.05) is 0 Å². The van der Waals surface area contributed by atoms with Crippen LogP contribution in [0.4, 0.5) is 0 Å². The van der Waals surface area contributed by atoms with Crippen LogP contribution in [0, 0.1) is 0 Å². The van der Waals surface area contributed by atoms with Crippen LogP contribution in [0.15, 0.2) is 0 Å². The molecule has 0 spiro atoms. The monoisotopic (exact) mass is 233 g/mol. The van der Waals surface area contributed by atoms with Gasteiger partial charge in [0.25, 0.3) is 0 Å². The fourth-order valence-electron chi connectivity index (χ4n) is 0.230. The Balaban J connectivity index is 0. The Bertz CT molecular complexity index is 134. The van der Waals surface area contributed by atoms with Crippen molar-refractivity contribution in [3.8, 4) is 0 Å². The maximum atomic E-state index is 9.71. The second-order valence-corrected chi connectivity index (χ2v) is 2.73. The molecular formula is C3H7CuO6P. The quantitative estimate of drug-likeness (QED) is 0.400. The zero-order chi connectivity index (χ0) is 8.20. The fourth-order valence-corrected chi connectivity index (χ4v) is 0.585. The van der Waals surface area contributed by atoms with E-state index in [1.165, 1.54) is 0 Å². The molecule has 1 atom stereocenters. The first kappa shape index (κ1) is 14.1. The van der Waals surface area contributed by atoms with Gasteiger partial charge in [0, 0.05) is 0 Å². The molecule has 0 saturated heterocycles. The van der Waals surface area contributed by atoms with Crippen LogP contribution in [0.3, 0.4) is 0 Å². The van der Waals surface area contributed by atoms with Gasteiger partial charge in [0.05, 0.1) is 21.0 Å². The van der Waals surface area contributed by atoms with Crippen molar-refractivity contribution in [2.24, 2.45) is 0 Å². The van der Waals surface area contributed by atoms with Gasteiger partial charge in [-0.15, -0.1) is 0 Å². The van der Waals surface area contributed by atoms with Crippen molar-refractivity contribution < 1.29 is 46.2 Å². The van der Waals surface area contributed by atoms with Gasteiger partial charge in [-0.05, 0) is 0 Å². The van der Waals surface area contributed by atoms with E-state index in [2.05, 4.69) is 4.52 Å². The Labute approximate surface area is 73.9 Å². The number of hydrogen-bond donors (Lipinski definition) is 2. The summed E-state index contributed by atoms with van der Waals surface area (Å²) in [5, 5.41) is 16.6. The number of aliphatic hydroxyl groups excluding tert-OH is 2. The molecular weight excluding hydrogens is 227 g/mol. The van der Waals surface area contributed by atoms with Crippen molar-refractivity contribution in [1.82, 2.24) is 0 Å². The predicted molar refractivity (Wildman–Crippen MR) is 26.7 cm³/mol. The molecule has 1 unspecified atom stereocenters. The van der Waals surface area contributed by atoms with Crippen LogP contribution in [0.1, 0.15) is 0 Å². The topological polar surface area (TPSA) is 113 Å². The Hall–Kier alpha value is 0.549. The molecule has 0 heterocycles. The Morgan fingerprint density at radius 3 is 2.27 bits per heavy atom. The standard InChI is InChI=1S/C3H9O6P.Cu/c4-1-3(5)2-9-10(6,7)8;/h3-5H,1-2H2,(H2,6,7,8);/q;+2/p-2. The molecule has 0 bridgehead atoms. The predicted octanol–water partition coefficient (Wildman–Crippen LogP) is -2.82. The molecule has 0 aliphatic rings. The first-order valence-corrected chi connectivity index (χ1v) is 3.87. The van der Waals surface area contributed by atoms with E-state index in [-0.39, 0.29) is 17.1 Å². The summed E-state index contributed by atoms with van der Waals surface area (Å²) in [5.41, 5.74) is 0. The summed E-state index contributed by atoms with van der Waals surface area (Å²) < 4.78 is 13.3. The van der Waals surface area contributed by atoms with Crippen LogP contribution < -0.4 is 9.79 Å². The third-order valence-electron chi connectivity index (χ3n) is 0.636. The van der Waals surface area contributed by atoms with Crippen molar-refractivity contribution in [2.75, 3.05) is 13.2 Å². The molecule has 0 fully saturated rings. The normalized spacial score (nSPS) is 13.8. The van der Waals surface area contributed by atoms with Crippen LogP contribution in [0.25, 0.3) is 0 Å². The summed E-state index contributed by atoms with van der Waals surface area (Å²) in [6.45, 7) is -1.33. The van der Waals surface area contributed by atoms with Crippen molar-refractivity contribution in [3.05, 3.63) is 0 Å². The van der Waals surface area contributed by atoms with Gasteiger partial charge in [-0.2, -0.15) is 0 Å². The molecule has 71 valence electrons. The Morgan fingerprint density at radius 1 is 1.55 bits per heavy atom. The van der Waals surface area contributed by atoms with E-state index in [0.29, 0.717) is 0 Å². The van der Waals surface area contributed by atoms with Crippen molar-refractivity contribution in [3.63, 3.8) is 0 Å². The van der Waals surface area contributed by atoms with Gasteiger partial charge in [0.15, 0.2) is 0 Å². The van der Waals surface area contributed by atoms with E-state index in [9.17, 15) is 14.4 Å². The van der Waals surface area contributed by atoms with Gasteiger partial charge in [-0.1, -0.05) is 0 Å². The molecule has 0 aromatic carbocycles. The third kappa shape index (κ3) is 10.5. The van der Waals surface area contributed by atoms with E-state index in [0.717, 1.165) is 0 Å². The van der Waals surface area contributed by atoms with Crippen LogP contribution in [-0.4, -0.2) is 29.5 Å². The third-order valence-corrected chi connectivity index (χ3v) is 1.10. The summed E-state index contributed by atoms with van der Waals surface area (Å²) in [7, 11) is -5.00.